The number of hydrogen-bond donors (Lipinski definition) is 2. The molecule has 0 saturated heterocycles. The highest BCUT2D eigenvalue weighted by atomic mass is 16.1. The topological polar surface area (TPSA) is 113 Å². The van der Waals surface area contributed by atoms with Crippen LogP contribution in [-0.2, 0) is 5.54 Å². The van der Waals surface area contributed by atoms with Crippen LogP contribution in [0.15, 0.2) is 30.6 Å². The Morgan fingerprint density at radius 2 is 1.87 bits per heavy atom. The van der Waals surface area contributed by atoms with Gasteiger partial charge in [-0.25, -0.2) is 4.98 Å². The number of nitrogens with zero attached hydrogens (tertiary/aromatic N) is 4. The van der Waals surface area contributed by atoms with Gasteiger partial charge in [0.25, 0.3) is 0 Å². The minimum atomic E-state index is -0.309. The Kier molecular flexibility index (Phi) is 3.28. The molecule has 3 aromatic rings. The maximum absolute atomic E-state index is 12.7. The molecule has 7 heteroatoms. The summed E-state index contributed by atoms with van der Waals surface area (Å²) in [5, 5.41) is 0.651. The molecule has 7 nitrogen and oxygen atoms in total. The lowest BCUT2D eigenvalue weighted by Gasteiger charge is -2.22. The quantitative estimate of drug-likeness (QED) is 0.700. The van der Waals surface area contributed by atoms with Gasteiger partial charge in [0.1, 0.15) is 17.0 Å². The largest absolute Gasteiger partial charge is 0.397 e. The Morgan fingerprint density at radius 3 is 2.48 bits per heavy atom. The molecule has 0 aromatic carbocycles. The molecule has 0 atom stereocenters. The molecule has 0 unspecified atom stereocenters. The summed E-state index contributed by atoms with van der Waals surface area (Å²) in [6.07, 6.45) is 3.32. The fourth-order valence-corrected chi connectivity index (χ4v) is 2.41. The van der Waals surface area contributed by atoms with Crippen LogP contribution in [0.5, 0.6) is 0 Å². The maximum Gasteiger partial charge on any atom is 0.230 e. The van der Waals surface area contributed by atoms with Gasteiger partial charge < -0.3 is 16.0 Å². The van der Waals surface area contributed by atoms with Crippen molar-refractivity contribution in [3.05, 3.63) is 42.0 Å². The van der Waals surface area contributed by atoms with Crippen LogP contribution in [0.1, 0.15) is 37.0 Å². The average molecular weight is 310 g/mol. The number of hydrogen-bond acceptors (Lipinski definition) is 6. The Hall–Kier alpha value is -2.96. The first kappa shape index (κ1) is 15.0. The molecule has 0 aliphatic rings. The molecular formula is C16H18N6O. The number of aromatic nitrogens is 4. The number of rotatable bonds is 2. The van der Waals surface area contributed by atoms with Crippen molar-refractivity contribution >= 4 is 28.5 Å². The van der Waals surface area contributed by atoms with Gasteiger partial charge in [-0.3, -0.25) is 9.78 Å². The van der Waals surface area contributed by atoms with E-state index in [1.54, 1.807) is 12.1 Å². The number of nitrogen functional groups attached to an aromatic ring is 2. The van der Waals surface area contributed by atoms with E-state index in [-0.39, 0.29) is 28.7 Å². The zero-order valence-corrected chi connectivity index (χ0v) is 13.2. The molecule has 0 radical (unpaired) electrons. The highest BCUT2D eigenvalue weighted by molar-refractivity contribution is 6.13. The first-order valence-electron chi connectivity index (χ1n) is 7.18. The molecule has 0 aliphatic carbocycles. The molecule has 0 bridgehead atoms. The van der Waals surface area contributed by atoms with E-state index in [4.69, 9.17) is 11.5 Å². The van der Waals surface area contributed by atoms with E-state index >= 15 is 0 Å². The lowest BCUT2D eigenvalue weighted by molar-refractivity contribution is 0.103. The van der Waals surface area contributed by atoms with E-state index in [9.17, 15) is 4.79 Å². The molecular weight excluding hydrogens is 292 g/mol. The van der Waals surface area contributed by atoms with E-state index in [2.05, 4.69) is 15.0 Å². The Balaban J connectivity index is 2.20. The molecule has 0 spiro atoms. The summed E-state index contributed by atoms with van der Waals surface area (Å²) in [4.78, 5) is 25.2. The van der Waals surface area contributed by atoms with Gasteiger partial charge in [-0.15, -0.1) is 0 Å². The van der Waals surface area contributed by atoms with Gasteiger partial charge in [-0.05, 0) is 39.0 Å². The fourth-order valence-electron chi connectivity index (χ4n) is 2.41. The summed E-state index contributed by atoms with van der Waals surface area (Å²) in [5.74, 6) is -0.253. The van der Waals surface area contributed by atoms with Gasteiger partial charge in [-0.2, -0.15) is 4.98 Å². The summed E-state index contributed by atoms with van der Waals surface area (Å²) in [6.45, 7) is 6.15. The van der Waals surface area contributed by atoms with Crippen molar-refractivity contribution in [1.29, 1.82) is 0 Å². The van der Waals surface area contributed by atoms with E-state index < -0.39 is 0 Å². The van der Waals surface area contributed by atoms with E-state index in [0.29, 0.717) is 16.7 Å². The van der Waals surface area contributed by atoms with Crippen LogP contribution in [0.2, 0.25) is 0 Å². The number of pyridine rings is 1. The average Bonchev–Trinajstić information content (AvgIpc) is 2.90. The highest BCUT2D eigenvalue weighted by Gasteiger charge is 2.22. The third-order valence-electron chi connectivity index (χ3n) is 3.52. The number of carbonyl (C=O) groups excluding carboxylic acids is 1. The van der Waals surface area contributed by atoms with Gasteiger partial charge in [0.2, 0.25) is 11.7 Å². The van der Waals surface area contributed by atoms with Crippen molar-refractivity contribution in [3.8, 4) is 0 Å². The SMILES string of the molecule is CC(C)(C)n1ccc2c(C(=O)c3ccc(N)cn3)nc(N)nc21. The van der Waals surface area contributed by atoms with E-state index in [1.807, 2.05) is 37.6 Å². The van der Waals surface area contributed by atoms with Crippen LogP contribution >= 0.6 is 0 Å². The second kappa shape index (κ2) is 5.05. The third-order valence-corrected chi connectivity index (χ3v) is 3.52. The first-order valence-corrected chi connectivity index (χ1v) is 7.18. The Bertz CT molecular complexity index is 889. The van der Waals surface area contributed by atoms with Crippen molar-refractivity contribution in [1.82, 2.24) is 19.5 Å². The monoisotopic (exact) mass is 310 g/mol. The summed E-state index contributed by atoms with van der Waals surface area (Å²) < 4.78 is 1.97. The standard InChI is InChI=1S/C16H18N6O/c1-16(2,3)22-7-6-10-12(20-15(18)21-14(10)22)13(23)11-5-4-9(17)8-19-11/h4-8H,17H2,1-3H3,(H2,18,20,21). The van der Waals surface area contributed by atoms with Crippen LogP contribution in [0, 0.1) is 0 Å². The second-order valence-electron chi connectivity index (χ2n) is 6.33. The van der Waals surface area contributed by atoms with Gasteiger partial charge in [0.05, 0.1) is 11.9 Å². The lowest BCUT2D eigenvalue weighted by Crippen LogP contribution is -2.21. The van der Waals surface area contributed by atoms with Crippen molar-refractivity contribution < 1.29 is 4.79 Å². The second-order valence-corrected chi connectivity index (χ2v) is 6.33. The summed E-state index contributed by atoms with van der Waals surface area (Å²) in [7, 11) is 0. The number of anilines is 2. The van der Waals surface area contributed by atoms with Gasteiger partial charge >= 0.3 is 0 Å². The molecule has 3 aromatic heterocycles. The number of ketones is 1. The number of fused-ring (bicyclic) bond motifs is 1. The predicted octanol–water partition coefficient (Wildman–Crippen LogP) is 1.98. The zero-order chi connectivity index (χ0) is 16.8. The minimum Gasteiger partial charge on any atom is -0.397 e. The smallest absolute Gasteiger partial charge is 0.230 e. The molecule has 0 fully saturated rings. The third kappa shape index (κ3) is 2.61. The van der Waals surface area contributed by atoms with Gasteiger partial charge in [0.15, 0.2) is 0 Å². The van der Waals surface area contributed by atoms with Crippen molar-refractivity contribution in [2.45, 2.75) is 26.3 Å². The summed E-state index contributed by atoms with van der Waals surface area (Å²) >= 11 is 0. The first-order chi connectivity index (χ1) is 10.8. The summed E-state index contributed by atoms with van der Waals surface area (Å²) in [5.41, 5.74) is 12.9. The fraction of sp³-hybridized carbons (Fsp3) is 0.250. The summed E-state index contributed by atoms with van der Waals surface area (Å²) in [6, 6.07) is 5.02. The van der Waals surface area contributed by atoms with Crippen molar-refractivity contribution in [3.63, 3.8) is 0 Å². The maximum atomic E-state index is 12.7. The predicted molar refractivity (Wildman–Crippen MR) is 89.0 cm³/mol. The number of nitrogens with two attached hydrogens (primary N) is 2. The molecule has 3 heterocycles. The molecule has 118 valence electrons. The van der Waals surface area contributed by atoms with Crippen LogP contribution in [-0.4, -0.2) is 25.3 Å². The molecule has 23 heavy (non-hydrogen) atoms. The van der Waals surface area contributed by atoms with Crippen molar-refractivity contribution in [2.75, 3.05) is 11.5 Å². The number of carbonyl (C=O) groups is 1. The Labute approximate surface area is 133 Å². The van der Waals surface area contributed by atoms with Crippen molar-refractivity contribution in [2.24, 2.45) is 0 Å². The molecule has 3 rings (SSSR count). The normalized spacial score (nSPS) is 11.8. The van der Waals surface area contributed by atoms with Crippen LogP contribution < -0.4 is 11.5 Å². The molecule has 4 N–H and O–H groups in total. The molecule has 0 amide bonds. The molecule has 0 aliphatic heterocycles. The van der Waals surface area contributed by atoms with E-state index in [0.717, 1.165) is 0 Å². The van der Waals surface area contributed by atoms with Crippen LogP contribution in [0.4, 0.5) is 11.6 Å². The minimum absolute atomic E-state index is 0.0560. The van der Waals surface area contributed by atoms with Crippen LogP contribution in [0.3, 0.4) is 0 Å². The van der Waals surface area contributed by atoms with Gasteiger partial charge in [-0.1, -0.05) is 0 Å². The molecule has 0 saturated carbocycles. The Morgan fingerprint density at radius 1 is 1.13 bits per heavy atom. The zero-order valence-electron chi connectivity index (χ0n) is 13.2. The van der Waals surface area contributed by atoms with Gasteiger partial charge in [0, 0.05) is 17.1 Å². The highest BCUT2D eigenvalue weighted by Crippen LogP contribution is 2.26. The van der Waals surface area contributed by atoms with E-state index in [1.165, 1.54) is 6.20 Å². The van der Waals surface area contributed by atoms with Crippen LogP contribution in [0.25, 0.3) is 11.0 Å². The lowest BCUT2D eigenvalue weighted by atomic mass is 10.1.